The highest BCUT2D eigenvalue weighted by Crippen LogP contribution is 2.34. The van der Waals surface area contributed by atoms with Crippen molar-refractivity contribution in [3.05, 3.63) is 21.1 Å². The summed E-state index contributed by atoms with van der Waals surface area (Å²) in [5.74, 6) is -0.161. The molecule has 1 aromatic rings. The van der Waals surface area contributed by atoms with Crippen LogP contribution in [0.3, 0.4) is 0 Å². The SMILES string of the molecule is COc1cc(NC(=O)C(C)C(N)=S)c(Br)cc1Br. The molecule has 7 heteroatoms. The van der Waals surface area contributed by atoms with Crippen LogP contribution in [0.25, 0.3) is 0 Å². The molecule has 0 fully saturated rings. The monoisotopic (exact) mass is 394 g/mol. The number of nitrogens with one attached hydrogen (secondary N) is 1. The van der Waals surface area contributed by atoms with Gasteiger partial charge in [0.05, 0.1) is 28.2 Å². The second kappa shape index (κ2) is 6.49. The van der Waals surface area contributed by atoms with Crippen LogP contribution >= 0.6 is 44.1 Å². The third kappa shape index (κ3) is 3.66. The minimum Gasteiger partial charge on any atom is -0.495 e. The number of rotatable bonds is 4. The van der Waals surface area contributed by atoms with Gasteiger partial charge in [-0.3, -0.25) is 4.79 Å². The number of methoxy groups -OCH3 is 1. The summed E-state index contributed by atoms with van der Waals surface area (Å²) in [5, 5.41) is 2.74. The number of halogens is 2. The molecule has 1 rings (SSSR count). The standard InChI is InChI=1S/C11H12Br2N2O2S/c1-5(10(14)18)11(16)15-8-4-9(17-2)7(13)3-6(8)12/h3-5H,1-2H3,(H2,14,18)(H,15,16). The van der Waals surface area contributed by atoms with Gasteiger partial charge >= 0.3 is 0 Å². The molecule has 4 nitrogen and oxygen atoms in total. The van der Waals surface area contributed by atoms with E-state index in [4.69, 9.17) is 22.7 Å². The largest absolute Gasteiger partial charge is 0.495 e. The first-order valence-corrected chi connectivity index (χ1v) is 6.99. The quantitative estimate of drug-likeness (QED) is 0.769. The first-order chi connectivity index (χ1) is 8.36. The van der Waals surface area contributed by atoms with Gasteiger partial charge in [0.2, 0.25) is 5.91 Å². The van der Waals surface area contributed by atoms with Gasteiger partial charge in [0.15, 0.2) is 0 Å². The minimum absolute atomic E-state index is 0.160. The van der Waals surface area contributed by atoms with Crippen LogP contribution in [-0.4, -0.2) is 18.0 Å². The Morgan fingerprint density at radius 1 is 1.44 bits per heavy atom. The van der Waals surface area contributed by atoms with Gasteiger partial charge in [-0.05, 0) is 44.8 Å². The number of thiocarbonyl (C=S) groups is 1. The number of hydrogen-bond acceptors (Lipinski definition) is 3. The number of carbonyl (C=O) groups is 1. The van der Waals surface area contributed by atoms with E-state index < -0.39 is 5.92 Å². The molecule has 1 aromatic carbocycles. The van der Waals surface area contributed by atoms with Crippen molar-refractivity contribution >= 4 is 60.7 Å². The Kier molecular flexibility index (Phi) is 5.55. The first kappa shape index (κ1) is 15.4. The molecule has 1 unspecified atom stereocenters. The Morgan fingerprint density at radius 3 is 2.56 bits per heavy atom. The second-order valence-corrected chi connectivity index (χ2v) is 5.76. The molecule has 3 N–H and O–H groups in total. The highest BCUT2D eigenvalue weighted by Gasteiger charge is 2.17. The summed E-state index contributed by atoms with van der Waals surface area (Å²) in [6.45, 7) is 1.65. The molecular weight excluding hydrogens is 384 g/mol. The number of benzene rings is 1. The van der Waals surface area contributed by atoms with Crippen LogP contribution in [0.4, 0.5) is 5.69 Å². The lowest BCUT2D eigenvalue weighted by Crippen LogP contribution is -2.30. The van der Waals surface area contributed by atoms with Gasteiger partial charge in [0.25, 0.3) is 0 Å². The summed E-state index contributed by atoms with van der Waals surface area (Å²) in [6, 6.07) is 3.50. The van der Waals surface area contributed by atoms with Crippen LogP contribution in [0.2, 0.25) is 0 Å². The number of amides is 1. The van der Waals surface area contributed by atoms with Crippen molar-refractivity contribution in [2.75, 3.05) is 12.4 Å². The van der Waals surface area contributed by atoms with Crippen LogP contribution in [0.5, 0.6) is 5.75 Å². The Hall–Kier alpha value is -0.660. The lowest BCUT2D eigenvalue weighted by atomic mass is 10.1. The van der Waals surface area contributed by atoms with Crippen LogP contribution in [0.1, 0.15) is 6.92 Å². The van der Waals surface area contributed by atoms with Gasteiger partial charge in [-0.15, -0.1) is 0 Å². The van der Waals surface area contributed by atoms with Crippen molar-refractivity contribution in [3.8, 4) is 5.75 Å². The maximum absolute atomic E-state index is 11.8. The topological polar surface area (TPSA) is 64.3 Å². The van der Waals surface area contributed by atoms with Crippen molar-refractivity contribution in [2.24, 2.45) is 11.7 Å². The molecule has 0 heterocycles. The molecule has 18 heavy (non-hydrogen) atoms. The molecule has 0 bridgehead atoms. The molecule has 0 radical (unpaired) electrons. The summed E-state index contributed by atoms with van der Waals surface area (Å²) < 4.78 is 6.68. The number of anilines is 1. The fourth-order valence-corrected chi connectivity index (χ4v) is 2.51. The van der Waals surface area contributed by atoms with E-state index in [-0.39, 0.29) is 10.9 Å². The van der Waals surface area contributed by atoms with Gasteiger partial charge in [0.1, 0.15) is 5.75 Å². The predicted molar refractivity (Wildman–Crippen MR) is 83.0 cm³/mol. The number of nitrogens with two attached hydrogens (primary N) is 1. The Balaban J connectivity index is 2.97. The summed E-state index contributed by atoms with van der Waals surface area (Å²) in [5.41, 5.74) is 6.04. The highest BCUT2D eigenvalue weighted by atomic mass is 79.9. The normalized spacial score (nSPS) is 11.8. The third-order valence-electron chi connectivity index (χ3n) is 2.32. The zero-order valence-corrected chi connectivity index (χ0v) is 13.8. The van der Waals surface area contributed by atoms with Crippen LogP contribution in [0, 0.1) is 5.92 Å². The molecule has 1 atom stereocenters. The van der Waals surface area contributed by atoms with Crippen molar-refractivity contribution < 1.29 is 9.53 Å². The van der Waals surface area contributed by atoms with Crippen molar-refractivity contribution in [1.29, 1.82) is 0 Å². The van der Waals surface area contributed by atoms with Gasteiger partial charge in [-0.1, -0.05) is 12.2 Å². The molecule has 0 aliphatic heterocycles. The summed E-state index contributed by atoms with van der Waals surface area (Å²) >= 11 is 11.5. The molecule has 0 aliphatic rings. The maximum atomic E-state index is 11.8. The van der Waals surface area contributed by atoms with Crippen LogP contribution in [-0.2, 0) is 4.79 Å². The third-order valence-corrected chi connectivity index (χ3v) is 3.95. The molecule has 0 saturated heterocycles. The van der Waals surface area contributed by atoms with Crippen LogP contribution < -0.4 is 15.8 Å². The molecule has 0 saturated carbocycles. The number of hydrogen-bond donors (Lipinski definition) is 2. The summed E-state index contributed by atoms with van der Waals surface area (Å²) in [6.07, 6.45) is 0. The van der Waals surface area contributed by atoms with E-state index >= 15 is 0 Å². The molecule has 0 aliphatic carbocycles. The zero-order valence-electron chi connectivity index (χ0n) is 9.79. The fourth-order valence-electron chi connectivity index (χ4n) is 1.15. The smallest absolute Gasteiger partial charge is 0.234 e. The second-order valence-electron chi connectivity index (χ2n) is 3.58. The average molecular weight is 396 g/mol. The Bertz CT molecular complexity index is 494. The van der Waals surface area contributed by atoms with Crippen molar-refractivity contribution in [1.82, 2.24) is 0 Å². The van der Waals surface area contributed by atoms with E-state index in [0.29, 0.717) is 11.4 Å². The molecule has 0 aromatic heterocycles. The predicted octanol–water partition coefficient (Wildman–Crippen LogP) is 3.08. The Labute approximate surface area is 128 Å². The zero-order chi connectivity index (χ0) is 13.9. The average Bonchev–Trinajstić information content (AvgIpc) is 2.31. The van der Waals surface area contributed by atoms with Gasteiger partial charge in [-0.2, -0.15) is 0 Å². The Morgan fingerprint density at radius 2 is 2.06 bits per heavy atom. The summed E-state index contributed by atoms with van der Waals surface area (Å²) in [7, 11) is 1.55. The molecule has 0 spiro atoms. The van der Waals surface area contributed by atoms with Crippen LogP contribution in [0.15, 0.2) is 21.1 Å². The van der Waals surface area contributed by atoms with E-state index in [9.17, 15) is 4.79 Å². The fraction of sp³-hybridized carbons (Fsp3) is 0.273. The highest BCUT2D eigenvalue weighted by molar-refractivity contribution is 9.11. The van der Waals surface area contributed by atoms with E-state index in [1.807, 2.05) is 0 Å². The van der Waals surface area contributed by atoms with E-state index in [0.717, 1.165) is 8.95 Å². The molecular formula is C11H12Br2N2O2S. The molecule has 98 valence electrons. The van der Waals surface area contributed by atoms with Crippen molar-refractivity contribution in [2.45, 2.75) is 6.92 Å². The first-order valence-electron chi connectivity index (χ1n) is 5.00. The van der Waals surface area contributed by atoms with Gasteiger partial charge in [-0.25, -0.2) is 0 Å². The summed E-state index contributed by atoms with van der Waals surface area (Å²) in [4.78, 5) is 12.0. The lowest BCUT2D eigenvalue weighted by molar-refractivity contribution is -0.117. The number of carbonyl (C=O) groups excluding carboxylic acids is 1. The molecule has 1 amide bonds. The van der Waals surface area contributed by atoms with Crippen molar-refractivity contribution in [3.63, 3.8) is 0 Å². The van der Waals surface area contributed by atoms with E-state index in [2.05, 4.69) is 37.2 Å². The van der Waals surface area contributed by atoms with E-state index in [1.54, 1.807) is 26.2 Å². The minimum atomic E-state index is -0.526. The lowest BCUT2D eigenvalue weighted by Gasteiger charge is -2.13. The maximum Gasteiger partial charge on any atom is 0.234 e. The van der Waals surface area contributed by atoms with E-state index in [1.165, 1.54) is 0 Å². The number of ether oxygens (including phenoxy) is 1. The van der Waals surface area contributed by atoms with Gasteiger partial charge in [0, 0.05) is 10.5 Å². The van der Waals surface area contributed by atoms with Gasteiger partial charge < -0.3 is 15.8 Å².